The fourth-order valence-corrected chi connectivity index (χ4v) is 2.08. The van der Waals surface area contributed by atoms with E-state index in [1.54, 1.807) is 6.07 Å². The van der Waals surface area contributed by atoms with Crippen LogP contribution in [0.4, 0.5) is 5.69 Å². The maximum Gasteiger partial charge on any atom is 0.352 e. The Labute approximate surface area is 128 Å². The number of hydrogen-bond acceptors (Lipinski definition) is 7. The van der Waals surface area contributed by atoms with Gasteiger partial charge in [0.05, 0.1) is 4.92 Å². The normalized spacial score (nSPS) is 10.9. The molecule has 3 rings (SSSR count). The zero-order valence-electron chi connectivity index (χ0n) is 12.1. The number of nitrogens with zero attached hydrogens (tertiary/aromatic N) is 6. The van der Waals surface area contributed by atoms with E-state index < -0.39 is 16.2 Å². The van der Waals surface area contributed by atoms with Crippen molar-refractivity contribution in [1.29, 1.82) is 0 Å². The van der Waals surface area contributed by atoms with Crippen molar-refractivity contribution < 1.29 is 4.92 Å². The van der Waals surface area contributed by atoms with Gasteiger partial charge in [-0.3, -0.25) is 19.5 Å². The Balaban J connectivity index is 2.31. The highest BCUT2D eigenvalue weighted by Gasteiger charge is 2.20. The third kappa shape index (κ3) is 2.35. The molecule has 0 saturated heterocycles. The molecule has 2 aliphatic rings. The smallest absolute Gasteiger partial charge is 0.267 e. The zero-order valence-corrected chi connectivity index (χ0v) is 12.1. The standard InChI is InChI=1S/C13H10N6O4/c1-17-12(20)9-11(15-13(17)21)18(2)16-10(14-9)7-4-3-5-8(6-7)19(22)23/h3-6H,1-2H3. The van der Waals surface area contributed by atoms with Gasteiger partial charge in [0.25, 0.3) is 11.2 Å². The first kappa shape index (κ1) is 14.5. The highest BCUT2D eigenvalue weighted by Crippen LogP contribution is 2.22. The monoisotopic (exact) mass is 314 g/mol. The lowest BCUT2D eigenvalue weighted by molar-refractivity contribution is -0.384. The molecule has 10 nitrogen and oxygen atoms in total. The van der Waals surface area contributed by atoms with Gasteiger partial charge < -0.3 is 0 Å². The van der Waals surface area contributed by atoms with E-state index in [1.807, 2.05) is 0 Å². The van der Waals surface area contributed by atoms with Crippen molar-refractivity contribution in [2.45, 2.75) is 0 Å². The Kier molecular flexibility index (Phi) is 3.21. The minimum absolute atomic E-state index is 0.0360. The summed E-state index contributed by atoms with van der Waals surface area (Å²) in [4.78, 5) is 42.0. The first-order chi connectivity index (χ1) is 10.9. The van der Waals surface area contributed by atoms with Crippen molar-refractivity contribution in [3.8, 4) is 22.9 Å². The van der Waals surface area contributed by atoms with Crippen molar-refractivity contribution >= 4 is 5.69 Å². The van der Waals surface area contributed by atoms with E-state index in [4.69, 9.17) is 0 Å². The number of nitro groups is 1. The van der Waals surface area contributed by atoms with E-state index in [1.165, 1.54) is 37.0 Å². The van der Waals surface area contributed by atoms with Crippen LogP contribution in [-0.4, -0.2) is 29.2 Å². The molecule has 10 heteroatoms. The molecule has 0 spiro atoms. The summed E-state index contributed by atoms with van der Waals surface area (Å²) in [6.07, 6.45) is 0. The minimum Gasteiger partial charge on any atom is -0.267 e. The molecule has 0 radical (unpaired) electrons. The topological polar surface area (TPSA) is 126 Å². The molecule has 1 aromatic rings. The van der Waals surface area contributed by atoms with Crippen molar-refractivity contribution in [3.05, 3.63) is 55.2 Å². The molecule has 0 amide bonds. The number of aryl methyl sites for hydroxylation is 1. The van der Waals surface area contributed by atoms with Crippen LogP contribution in [0.25, 0.3) is 22.9 Å². The van der Waals surface area contributed by atoms with Crippen LogP contribution in [0.5, 0.6) is 0 Å². The molecule has 23 heavy (non-hydrogen) atoms. The third-order valence-corrected chi connectivity index (χ3v) is 3.29. The molecule has 0 saturated carbocycles. The summed E-state index contributed by atoms with van der Waals surface area (Å²) in [6, 6.07) is 5.74. The number of non-ortho nitro benzene ring substituents is 1. The van der Waals surface area contributed by atoms with Crippen molar-refractivity contribution in [3.63, 3.8) is 0 Å². The predicted octanol–water partition coefficient (Wildman–Crippen LogP) is -0.0510. The van der Waals surface area contributed by atoms with Crippen LogP contribution in [0.3, 0.4) is 0 Å². The highest BCUT2D eigenvalue weighted by molar-refractivity contribution is 5.62. The van der Waals surface area contributed by atoms with E-state index in [2.05, 4.69) is 15.1 Å². The lowest BCUT2D eigenvalue weighted by Crippen LogP contribution is -2.36. The summed E-state index contributed by atoms with van der Waals surface area (Å²) in [5.74, 6) is 0.175. The second kappa shape index (κ2) is 5.09. The largest absolute Gasteiger partial charge is 0.352 e. The number of aromatic nitrogens is 5. The Hall–Kier alpha value is -3.43. The van der Waals surface area contributed by atoms with Gasteiger partial charge in [-0.05, 0) is 0 Å². The molecule has 0 unspecified atom stereocenters. The van der Waals surface area contributed by atoms with E-state index in [0.717, 1.165) is 4.57 Å². The van der Waals surface area contributed by atoms with Crippen LogP contribution in [0.2, 0.25) is 0 Å². The lowest BCUT2D eigenvalue weighted by Gasteiger charge is -2.11. The minimum atomic E-state index is -0.704. The first-order valence-electron chi connectivity index (χ1n) is 6.45. The molecule has 0 N–H and O–H groups in total. The Morgan fingerprint density at radius 1 is 1.17 bits per heavy atom. The molecule has 116 valence electrons. The Morgan fingerprint density at radius 2 is 1.91 bits per heavy atom. The molecule has 2 aliphatic heterocycles. The molecule has 0 fully saturated rings. The highest BCUT2D eigenvalue weighted by atomic mass is 16.6. The van der Waals surface area contributed by atoms with Crippen molar-refractivity contribution in [2.24, 2.45) is 14.1 Å². The Bertz CT molecular complexity index is 1020. The molecule has 0 atom stereocenters. The van der Waals surface area contributed by atoms with E-state index in [-0.39, 0.29) is 23.0 Å². The summed E-state index contributed by atoms with van der Waals surface area (Å²) < 4.78 is 2.09. The maximum atomic E-state index is 12.2. The second-order valence-electron chi connectivity index (χ2n) is 4.80. The molecule has 0 aromatic heterocycles. The summed E-state index contributed by atoms with van der Waals surface area (Å²) in [7, 11) is 2.81. The summed E-state index contributed by atoms with van der Waals surface area (Å²) in [5.41, 5.74) is -1.08. The van der Waals surface area contributed by atoms with Gasteiger partial charge >= 0.3 is 5.69 Å². The predicted molar refractivity (Wildman–Crippen MR) is 79.0 cm³/mol. The first-order valence-corrected chi connectivity index (χ1v) is 6.45. The summed E-state index contributed by atoms with van der Waals surface area (Å²) >= 11 is 0. The summed E-state index contributed by atoms with van der Waals surface area (Å²) in [5, 5.41) is 15.0. The number of fused-ring (bicyclic) bond motifs is 1. The molecule has 0 bridgehead atoms. The van der Waals surface area contributed by atoms with Gasteiger partial charge in [0.2, 0.25) is 0 Å². The fraction of sp³-hybridized carbons (Fsp3) is 0.154. The second-order valence-corrected chi connectivity index (χ2v) is 4.80. The van der Waals surface area contributed by atoms with Crippen molar-refractivity contribution in [1.82, 2.24) is 24.3 Å². The quantitative estimate of drug-likeness (QED) is 0.479. The molecule has 2 heterocycles. The van der Waals surface area contributed by atoms with Crippen LogP contribution >= 0.6 is 0 Å². The molecule has 0 aliphatic carbocycles. The number of rotatable bonds is 2. The van der Waals surface area contributed by atoms with E-state index in [9.17, 15) is 19.7 Å². The van der Waals surface area contributed by atoms with Gasteiger partial charge in [-0.1, -0.05) is 12.1 Å². The van der Waals surface area contributed by atoms with Crippen LogP contribution < -0.4 is 11.2 Å². The SMILES string of the molecule is Cn1nc(-c2cccc([N+](=O)[O-])c2)nc2c(=O)n(C)c(=O)nc1-2. The third-order valence-electron chi connectivity index (χ3n) is 3.29. The molecular formula is C13H10N6O4. The molecule has 1 aromatic carbocycles. The molecular weight excluding hydrogens is 304 g/mol. The number of benzene rings is 1. The fourth-order valence-electron chi connectivity index (χ4n) is 2.08. The van der Waals surface area contributed by atoms with Gasteiger partial charge in [0.1, 0.15) is 0 Å². The summed E-state index contributed by atoms with van der Waals surface area (Å²) in [6.45, 7) is 0. The van der Waals surface area contributed by atoms with E-state index in [0.29, 0.717) is 5.56 Å². The maximum absolute atomic E-state index is 12.2. The average molecular weight is 314 g/mol. The Morgan fingerprint density at radius 3 is 2.61 bits per heavy atom. The lowest BCUT2D eigenvalue weighted by atomic mass is 10.2. The average Bonchev–Trinajstić information content (AvgIpc) is 2.53. The van der Waals surface area contributed by atoms with Gasteiger partial charge in [0, 0.05) is 31.8 Å². The van der Waals surface area contributed by atoms with Crippen LogP contribution in [-0.2, 0) is 14.1 Å². The van der Waals surface area contributed by atoms with Gasteiger partial charge in [-0.15, -0.1) is 0 Å². The van der Waals surface area contributed by atoms with E-state index >= 15 is 0 Å². The van der Waals surface area contributed by atoms with Gasteiger partial charge in [-0.2, -0.15) is 10.1 Å². The van der Waals surface area contributed by atoms with Gasteiger partial charge in [-0.25, -0.2) is 14.5 Å². The van der Waals surface area contributed by atoms with Crippen LogP contribution in [0.1, 0.15) is 0 Å². The van der Waals surface area contributed by atoms with Crippen LogP contribution in [0.15, 0.2) is 33.9 Å². The number of nitro benzene ring substituents is 1. The van der Waals surface area contributed by atoms with Crippen LogP contribution in [0, 0.1) is 10.1 Å². The van der Waals surface area contributed by atoms with Gasteiger partial charge in [0.15, 0.2) is 17.3 Å². The van der Waals surface area contributed by atoms with Crippen molar-refractivity contribution in [2.75, 3.05) is 0 Å². The number of hydrogen-bond donors (Lipinski definition) is 0. The zero-order chi connectivity index (χ0) is 16.7.